The molecule has 1 fully saturated rings. The molecule has 1 aromatic carbocycles. The van der Waals surface area contributed by atoms with Crippen LogP contribution in [0, 0.1) is 0 Å². The van der Waals surface area contributed by atoms with E-state index in [1.54, 1.807) is 0 Å². The summed E-state index contributed by atoms with van der Waals surface area (Å²) in [5.41, 5.74) is 0. The number of fused-ring (bicyclic) bond motifs is 1. The lowest BCUT2D eigenvalue weighted by atomic mass is 10.2. The van der Waals surface area contributed by atoms with Crippen molar-refractivity contribution < 1.29 is 4.79 Å². The first-order valence-electron chi connectivity index (χ1n) is 6.68. The van der Waals surface area contributed by atoms with E-state index in [-0.39, 0.29) is 12.5 Å². The Hall–Kier alpha value is -1.88. The zero-order chi connectivity index (χ0) is 13.9. The molecule has 0 saturated carbocycles. The molecule has 0 radical (unpaired) electrons. The quantitative estimate of drug-likeness (QED) is 0.942. The third-order valence-corrected chi connectivity index (χ3v) is 3.79. The summed E-state index contributed by atoms with van der Waals surface area (Å²) in [4.78, 5) is 13.9. The van der Waals surface area contributed by atoms with Crippen molar-refractivity contribution in [1.82, 2.24) is 15.1 Å². The van der Waals surface area contributed by atoms with Gasteiger partial charge in [-0.3, -0.25) is 4.79 Å². The van der Waals surface area contributed by atoms with Crippen molar-refractivity contribution in [1.29, 1.82) is 0 Å². The van der Waals surface area contributed by atoms with Gasteiger partial charge in [-0.2, -0.15) is 0 Å². The van der Waals surface area contributed by atoms with Crippen molar-refractivity contribution in [2.24, 2.45) is 0 Å². The number of hydrogen-bond donors (Lipinski definition) is 1. The predicted molar refractivity (Wildman–Crippen MR) is 78.9 cm³/mol. The van der Waals surface area contributed by atoms with E-state index in [0.717, 1.165) is 36.7 Å². The number of amides is 1. The summed E-state index contributed by atoms with van der Waals surface area (Å²) in [6.45, 7) is 1.95. The SMILES string of the molecule is O=C(CNc1nnc(Cl)c2ccccc12)N1CCCC1. The van der Waals surface area contributed by atoms with E-state index >= 15 is 0 Å². The van der Waals surface area contributed by atoms with E-state index in [2.05, 4.69) is 15.5 Å². The molecule has 3 rings (SSSR count). The predicted octanol–water partition coefficient (Wildman–Crippen LogP) is 2.32. The number of anilines is 1. The Labute approximate surface area is 121 Å². The van der Waals surface area contributed by atoms with E-state index in [1.165, 1.54) is 0 Å². The highest BCUT2D eigenvalue weighted by Crippen LogP contribution is 2.25. The largest absolute Gasteiger partial charge is 0.359 e. The lowest BCUT2D eigenvalue weighted by Crippen LogP contribution is -2.33. The number of aromatic nitrogens is 2. The van der Waals surface area contributed by atoms with Gasteiger partial charge in [-0.1, -0.05) is 35.9 Å². The molecule has 1 N–H and O–H groups in total. The Kier molecular flexibility index (Phi) is 3.69. The van der Waals surface area contributed by atoms with Gasteiger partial charge in [0.2, 0.25) is 5.91 Å². The summed E-state index contributed by atoms with van der Waals surface area (Å²) in [6.07, 6.45) is 2.19. The molecular formula is C14H15ClN4O. The second-order valence-electron chi connectivity index (χ2n) is 4.83. The summed E-state index contributed by atoms with van der Waals surface area (Å²) in [5.74, 6) is 0.695. The van der Waals surface area contributed by atoms with Gasteiger partial charge in [0, 0.05) is 23.9 Å². The molecule has 0 aliphatic carbocycles. The lowest BCUT2D eigenvalue weighted by Gasteiger charge is -2.16. The molecular weight excluding hydrogens is 276 g/mol. The smallest absolute Gasteiger partial charge is 0.241 e. The topological polar surface area (TPSA) is 58.1 Å². The lowest BCUT2D eigenvalue weighted by molar-refractivity contribution is -0.128. The van der Waals surface area contributed by atoms with Crippen LogP contribution in [0.15, 0.2) is 24.3 Å². The molecule has 2 aromatic rings. The standard InChI is InChI=1S/C14H15ClN4O/c15-13-10-5-1-2-6-11(10)14(18-17-13)16-9-12(20)19-7-3-4-8-19/h1-2,5-6H,3-4,7-9H2,(H,16,18). The summed E-state index contributed by atoms with van der Waals surface area (Å²) >= 11 is 6.02. The maximum atomic E-state index is 12.0. The number of benzene rings is 1. The third kappa shape index (κ3) is 2.54. The summed E-state index contributed by atoms with van der Waals surface area (Å²) in [5, 5.41) is 13.1. The molecule has 1 aliphatic heterocycles. The molecule has 5 nitrogen and oxygen atoms in total. The molecule has 1 saturated heterocycles. The Bertz CT molecular complexity index is 640. The van der Waals surface area contributed by atoms with Crippen LogP contribution in [0.1, 0.15) is 12.8 Å². The fraction of sp³-hybridized carbons (Fsp3) is 0.357. The molecule has 1 aliphatic rings. The van der Waals surface area contributed by atoms with E-state index in [0.29, 0.717) is 11.0 Å². The van der Waals surface area contributed by atoms with Crippen molar-refractivity contribution >= 4 is 34.1 Å². The van der Waals surface area contributed by atoms with Crippen LogP contribution in [0.25, 0.3) is 10.8 Å². The molecule has 1 amide bonds. The van der Waals surface area contributed by atoms with Crippen LogP contribution in [0.5, 0.6) is 0 Å². The molecule has 0 unspecified atom stereocenters. The van der Waals surface area contributed by atoms with Gasteiger partial charge in [0.1, 0.15) is 0 Å². The molecule has 0 spiro atoms. The highest BCUT2D eigenvalue weighted by molar-refractivity contribution is 6.34. The van der Waals surface area contributed by atoms with Crippen molar-refractivity contribution in [3.8, 4) is 0 Å². The van der Waals surface area contributed by atoms with Gasteiger partial charge in [0.05, 0.1) is 6.54 Å². The van der Waals surface area contributed by atoms with E-state index in [1.807, 2.05) is 29.2 Å². The molecule has 104 valence electrons. The first-order valence-corrected chi connectivity index (χ1v) is 7.06. The number of likely N-dealkylation sites (tertiary alicyclic amines) is 1. The van der Waals surface area contributed by atoms with Gasteiger partial charge in [0.25, 0.3) is 0 Å². The van der Waals surface area contributed by atoms with Crippen molar-refractivity contribution in [3.05, 3.63) is 29.4 Å². The average Bonchev–Trinajstić information content (AvgIpc) is 3.01. The second kappa shape index (κ2) is 5.63. The van der Waals surface area contributed by atoms with E-state index < -0.39 is 0 Å². The van der Waals surface area contributed by atoms with Crippen molar-refractivity contribution in [3.63, 3.8) is 0 Å². The van der Waals surface area contributed by atoms with Crippen LogP contribution >= 0.6 is 11.6 Å². The fourth-order valence-corrected chi connectivity index (χ4v) is 2.64. The van der Waals surface area contributed by atoms with E-state index in [4.69, 9.17) is 11.6 Å². The van der Waals surface area contributed by atoms with Crippen molar-refractivity contribution in [2.75, 3.05) is 25.0 Å². The first-order chi connectivity index (χ1) is 9.75. The van der Waals surface area contributed by atoms with Crippen LogP contribution in [-0.4, -0.2) is 40.6 Å². The Morgan fingerprint density at radius 1 is 1.20 bits per heavy atom. The summed E-state index contributed by atoms with van der Waals surface area (Å²) in [7, 11) is 0. The van der Waals surface area contributed by atoms with Gasteiger partial charge in [-0.25, -0.2) is 0 Å². The Morgan fingerprint density at radius 3 is 2.65 bits per heavy atom. The molecule has 0 atom stereocenters. The number of carbonyl (C=O) groups excluding carboxylic acids is 1. The second-order valence-corrected chi connectivity index (χ2v) is 5.18. The maximum Gasteiger partial charge on any atom is 0.241 e. The number of nitrogens with one attached hydrogen (secondary N) is 1. The minimum atomic E-state index is 0.100. The monoisotopic (exact) mass is 290 g/mol. The molecule has 2 heterocycles. The van der Waals surface area contributed by atoms with Crippen molar-refractivity contribution in [2.45, 2.75) is 12.8 Å². The van der Waals surface area contributed by atoms with Crippen LogP contribution in [0.3, 0.4) is 0 Å². The Balaban J connectivity index is 1.77. The molecule has 20 heavy (non-hydrogen) atoms. The minimum Gasteiger partial charge on any atom is -0.359 e. The van der Waals surface area contributed by atoms with Gasteiger partial charge in [0.15, 0.2) is 11.0 Å². The highest BCUT2D eigenvalue weighted by Gasteiger charge is 2.18. The van der Waals surface area contributed by atoms with E-state index in [9.17, 15) is 4.79 Å². The number of nitrogens with zero attached hydrogens (tertiary/aromatic N) is 3. The number of rotatable bonds is 3. The minimum absolute atomic E-state index is 0.100. The number of carbonyl (C=O) groups is 1. The van der Waals surface area contributed by atoms with Gasteiger partial charge < -0.3 is 10.2 Å². The van der Waals surface area contributed by atoms with Crippen LogP contribution in [0.4, 0.5) is 5.82 Å². The van der Waals surface area contributed by atoms with Crippen LogP contribution in [0.2, 0.25) is 5.15 Å². The van der Waals surface area contributed by atoms with Gasteiger partial charge in [-0.05, 0) is 12.8 Å². The molecule has 6 heteroatoms. The average molecular weight is 291 g/mol. The fourth-order valence-electron chi connectivity index (χ4n) is 2.44. The highest BCUT2D eigenvalue weighted by atomic mass is 35.5. The molecule has 1 aromatic heterocycles. The summed E-state index contributed by atoms with van der Waals surface area (Å²) in [6, 6.07) is 7.61. The maximum absolute atomic E-state index is 12.0. The normalized spacial score (nSPS) is 14.8. The van der Waals surface area contributed by atoms with Gasteiger partial charge in [-0.15, -0.1) is 10.2 Å². The zero-order valence-electron chi connectivity index (χ0n) is 11.0. The number of halogens is 1. The molecule has 0 bridgehead atoms. The van der Waals surface area contributed by atoms with Crippen LogP contribution < -0.4 is 5.32 Å². The number of hydrogen-bond acceptors (Lipinski definition) is 4. The van der Waals surface area contributed by atoms with Gasteiger partial charge >= 0.3 is 0 Å². The Morgan fingerprint density at radius 2 is 1.90 bits per heavy atom. The first kappa shape index (κ1) is 13.1. The third-order valence-electron chi connectivity index (χ3n) is 3.51. The van der Waals surface area contributed by atoms with Crippen LogP contribution in [-0.2, 0) is 4.79 Å². The summed E-state index contributed by atoms with van der Waals surface area (Å²) < 4.78 is 0. The zero-order valence-corrected chi connectivity index (χ0v) is 11.7.